The highest BCUT2D eigenvalue weighted by Crippen LogP contribution is 2.30. The summed E-state index contributed by atoms with van der Waals surface area (Å²) in [7, 11) is 0. The average molecular weight is 220 g/mol. The summed E-state index contributed by atoms with van der Waals surface area (Å²) in [5, 5.41) is 0. The molecular formula is C12H16N2O2. The number of benzene rings is 1. The van der Waals surface area contributed by atoms with Crippen LogP contribution in [0.5, 0.6) is 5.75 Å². The Labute approximate surface area is 95.0 Å². The zero-order valence-corrected chi connectivity index (χ0v) is 9.19. The van der Waals surface area contributed by atoms with Crippen molar-refractivity contribution >= 4 is 11.6 Å². The van der Waals surface area contributed by atoms with Gasteiger partial charge in [0.1, 0.15) is 5.75 Å². The number of carbonyl (C=O) groups is 1. The molecule has 1 aromatic rings. The van der Waals surface area contributed by atoms with Gasteiger partial charge < -0.3 is 15.4 Å². The summed E-state index contributed by atoms with van der Waals surface area (Å²) < 4.78 is 5.54. The molecule has 1 heterocycles. The average Bonchev–Trinajstić information content (AvgIpc) is 2.46. The van der Waals surface area contributed by atoms with E-state index < -0.39 is 0 Å². The van der Waals surface area contributed by atoms with Crippen LogP contribution >= 0.6 is 0 Å². The minimum absolute atomic E-state index is 0.110. The van der Waals surface area contributed by atoms with Crippen LogP contribution in [0.1, 0.15) is 12.8 Å². The third-order valence-electron chi connectivity index (χ3n) is 2.62. The maximum atomic E-state index is 11.9. The molecule has 0 saturated carbocycles. The van der Waals surface area contributed by atoms with E-state index >= 15 is 0 Å². The zero-order chi connectivity index (χ0) is 11.4. The fraction of sp³-hybridized carbons (Fsp3) is 0.417. The molecule has 0 aliphatic carbocycles. The second-order valence-electron chi connectivity index (χ2n) is 3.75. The first kappa shape index (κ1) is 11.0. The van der Waals surface area contributed by atoms with E-state index in [0.717, 1.165) is 17.9 Å². The van der Waals surface area contributed by atoms with Crippen molar-refractivity contribution < 1.29 is 9.53 Å². The molecule has 0 aromatic heterocycles. The minimum Gasteiger partial charge on any atom is -0.491 e. The van der Waals surface area contributed by atoms with Crippen LogP contribution in [0.15, 0.2) is 24.3 Å². The second kappa shape index (κ2) is 4.99. The van der Waals surface area contributed by atoms with Crippen molar-refractivity contribution in [3.05, 3.63) is 24.3 Å². The summed E-state index contributed by atoms with van der Waals surface area (Å²) in [5.41, 5.74) is 6.34. The lowest BCUT2D eigenvalue weighted by molar-refractivity contribution is -0.118. The lowest BCUT2D eigenvalue weighted by Gasteiger charge is -2.21. The van der Waals surface area contributed by atoms with Crippen molar-refractivity contribution in [2.75, 3.05) is 24.6 Å². The summed E-state index contributed by atoms with van der Waals surface area (Å²) in [4.78, 5) is 13.7. The van der Waals surface area contributed by atoms with Crippen LogP contribution in [0.25, 0.3) is 0 Å². The molecule has 0 atom stereocenters. The van der Waals surface area contributed by atoms with Crippen LogP contribution in [0, 0.1) is 0 Å². The predicted molar refractivity (Wildman–Crippen MR) is 62.6 cm³/mol. The monoisotopic (exact) mass is 220 g/mol. The number of ether oxygens (including phenoxy) is 1. The molecule has 86 valence electrons. The number of nitrogens with two attached hydrogens (primary N) is 1. The van der Waals surface area contributed by atoms with Gasteiger partial charge in [-0.05, 0) is 25.1 Å². The van der Waals surface area contributed by atoms with Gasteiger partial charge in [0.2, 0.25) is 5.91 Å². The molecule has 1 aromatic carbocycles. The van der Waals surface area contributed by atoms with Gasteiger partial charge in [0.25, 0.3) is 0 Å². The van der Waals surface area contributed by atoms with Gasteiger partial charge in [-0.1, -0.05) is 12.1 Å². The Morgan fingerprint density at radius 2 is 2.19 bits per heavy atom. The van der Waals surface area contributed by atoms with E-state index in [1.807, 2.05) is 24.3 Å². The second-order valence-corrected chi connectivity index (χ2v) is 3.75. The highest BCUT2D eigenvalue weighted by atomic mass is 16.5. The summed E-state index contributed by atoms with van der Waals surface area (Å²) in [6, 6.07) is 7.63. The number of hydrogen-bond acceptors (Lipinski definition) is 3. The van der Waals surface area contributed by atoms with Crippen molar-refractivity contribution in [3.63, 3.8) is 0 Å². The molecule has 2 rings (SSSR count). The van der Waals surface area contributed by atoms with Gasteiger partial charge in [-0.15, -0.1) is 0 Å². The Balaban J connectivity index is 2.28. The largest absolute Gasteiger partial charge is 0.491 e. The molecule has 1 aliphatic heterocycles. The molecule has 1 aliphatic rings. The zero-order valence-electron chi connectivity index (χ0n) is 9.19. The molecule has 0 spiro atoms. The maximum absolute atomic E-state index is 11.9. The van der Waals surface area contributed by atoms with Gasteiger partial charge >= 0.3 is 0 Å². The van der Waals surface area contributed by atoms with E-state index in [4.69, 9.17) is 10.5 Å². The fourth-order valence-corrected chi connectivity index (χ4v) is 1.81. The Bertz CT molecular complexity index is 379. The van der Waals surface area contributed by atoms with E-state index in [1.165, 1.54) is 0 Å². The topological polar surface area (TPSA) is 55.6 Å². The van der Waals surface area contributed by atoms with Crippen molar-refractivity contribution in [1.82, 2.24) is 0 Å². The van der Waals surface area contributed by atoms with Gasteiger partial charge in [0.15, 0.2) is 0 Å². The van der Waals surface area contributed by atoms with Crippen LogP contribution in [0.4, 0.5) is 5.69 Å². The number of amides is 1. The number of fused-ring (bicyclic) bond motifs is 1. The molecule has 0 radical (unpaired) electrons. The maximum Gasteiger partial charge on any atom is 0.230 e. The molecular weight excluding hydrogens is 204 g/mol. The first-order valence-corrected chi connectivity index (χ1v) is 5.55. The van der Waals surface area contributed by atoms with E-state index in [2.05, 4.69) is 0 Å². The first-order valence-electron chi connectivity index (χ1n) is 5.55. The quantitative estimate of drug-likeness (QED) is 0.831. The van der Waals surface area contributed by atoms with Crippen LogP contribution in [0.3, 0.4) is 0 Å². The van der Waals surface area contributed by atoms with Crippen molar-refractivity contribution in [2.24, 2.45) is 5.73 Å². The standard InChI is InChI=1S/C12H16N2O2/c13-7-3-8-14-10-4-1-2-5-11(10)16-9-6-12(14)15/h1-2,4-5H,3,6-9,13H2. The highest BCUT2D eigenvalue weighted by molar-refractivity contribution is 5.95. The number of rotatable bonds is 3. The number of nitrogens with zero attached hydrogens (tertiary/aromatic N) is 1. The lowest BCUT2D eigenvalue weighted by Crippen LogP contribution is -2.32. The Hall–Kier alpha value is -1.55. The minimum atomic E-state index is 0.110. The lowest BCUT2D eigenvalue weighted by atomic mass is 10.2. The van der Waals surface area contributed by atoms with Gasteiger partial charge in [0.05, 0.1) is 18.7 Å². The molecule has 16 heavy (non-hydrogen) atoms. The molecule has 4 nitrogen and oxygen atoms in total. The van der Waals surface area contributed by atoms with Gasteiger partial charge in [0, 0.05) is 6.54 Å². The number of anilines is 1. The van der Waals surface area contributed by atoms with Crippen molar-refractivity contribution in [2.45, 2.75) is 12.8 Å². The first-order chi connectivity index (χ1) is 7.83. The third kappa shape index (κ3) is 2.17. The predicted octanol–water partition coefficient (Wildman–Crippen LogP) is 1.15. The Kier molecular flexibility index (Phi) is 3.41. The fourth-order valence-electron chi connectivity index (χ4n) is 1.81. The van der Waals surface area contributed by atoms with E-state index in [1.54, 1.807) is 4.90 Å². The summed E-state index contributed by atoms with van der Waals surface area (Å²) >= 11 is 0. The van der Waals surface area contributed by atoms with E-state index in [-0.39, 0.29) is 5.91 Å². The van der Waals surface area contributed by atoms with Crippen LogP contribution in [-0.4, -0.2) is 25.6 Å². The highest BCUT2D eigenvalue weighted by Gasteiger charge is 2.21. The normalized spacial score (nSPS) is 15.3. The molecule has 4 heteroatoms. The van der Waals surface area contributed by atoms with Crippen molar-refractivity contribution in [1.29, 1.82) is 0 Å². The van der Waals surface area contributed by atoms with Gasteiger partial charge in [-0.2, -0.15) is 0 Å². The number of para-hydroxylation sites is 2. The Morgan fingerprint density at radius 3 is 3.00 bits per heavy atom. The summed E-state index contributed by atoms with van der Waals surface area (Å²) in [5.74, 6) is 0.892. The molecule has 2 N–H and O–H groups in total. The number of hydrogen-bond donors (Lipinski definition) is 1. The van der Waals surface area contributed by atoms with Crippen LogP contribution in [0.2, 0.25) is 0 Å². The Morgan fingerprint density at radius 1 is 1.38 bits per heavy atom. The smallest absolute Gasteiger partial charge is 0.230 e. The summed E-state index contributed by atoms with van der Waals surface area (Å²) in [6.45, 7) is 1.71. The summed E-state index contributed by atoms with van der Waals surface area (Å²) in [6.07, 6.45) is 1.24. The molecule has 0 bridgehead atoms. The molecule has 1 amide bonds. The number of carbonyl (C=O) groups excluding carboxylic acids is 1. The van der Waals surface area contributed by atoms with Gasteiger partial charge in [-0.3, -0.25) is 4.79 Å². The molecule has 0 saturated heterocycles. The molecule has 0 fully saturated rings. The SMILES string of the molecule is NCCCN1C(=O)CCOc2ccccc21. The van der Waals surface area contributed by atoms with Crippen LogP contribution in [-0.2, 0) is 4.79 Å². The van der Waals surface area contributed by atoms with E-state index in [0.29, 0.717) is 26.1 Å². The van der Waals surface area contributed by atoms with Crippen molar-refractivity contribution in [3.8, 4) is 5.75 Å². The van der Waals surface area contributed by atoms with Crippen LogP contribution < -0.4 is 15.4 Å². The van der Waals surface area contributed by atoms with Gasteiger partial charge in [-0.25, -0.2) is 0 Å². The third-order valence-corrected chi connectivity index (χ3v) is 2.62. The molecule has 0 unspecified atom stereocenters. The van der Waals surface area contributed by atoms with E-state index in [9.17, 15) is 4.79 Å².